The summed E-state index contributed by atoms with van der Waals surface area (Å²) in [6.07, 6.45) is 33.6. The number of rotatable bonds is 36. The quantitative estimate of drug-likeness (QED) is 0.0378. The van der Waals surface area contributed by atoms with Crippen LogP contribution in [-0.4, -0.2) is 77.2 Å². The van der Waals surface area contributed by atoms with E-state index in [0.29, 0.717) is 62.7 Å². The van der Waals surface area contributed by atoms with Crippen molar-refractivity contribution in [3.63, 3.8) is 0 Å². The molecule has 2 aliphatic carbocycles. The summed E-state index contributed by atoms with van der Waals surface area (Å²) >= 11 is 0. The van der Waals surface area contributed by atoms with E-state index in [1.165, 1.54) is 103 Å². The Morgan fingerprint density at radius 3 is 1.64 bits per heavy atom. The van der Waals surface area contributed by atoms with Crippen LogP contribution < -0.4 is 5.73 Å². The maximum Gasteiger partial charge on any atom is 0.305 e. The normalized spacial score (nSPS) is 21.4. The highest BCUT2D eigenvalue weighted by Crippen LogP contribution is 2.60. The van der Waals surface area contributed by atoms with Gasteiger partial charge >= 0.3 is 11.9 Å². The van der Waals surface area contributed by atoms with E-state index in [1.807, 2.05) is 0 Å². The smallest absolute Gasteiger partial charge is 0.305 e. The highest BCUT2D eigenvalue weighted by Gasteiger charge is 2.51. The topological polar surface area (TPSA) is 108 Å². The number of hydrogen-bond acceptors (Lipinski definition) is 8. The van der Waals surface area contributed by atoms with E-state index in [2.05, 4.69) is 46.7 Å². The summed E-state index contributed by atoms with van der Waals surface area (Å²) in [5, 5.41) is 0. The predicted molar refractivity (Wildman–Crippen MR) is 247 cm³/mol. The molecular formula is C51H98N2O6. The first-order valence-electron chi connectivity index (χ1n) is 25.1. The van der Waals surface area contributed by atoms with E-state index in [0.717, 1.165) is 90.1 Å². The molecule has 8 heteroatoms. The summed E-state index contributed by atoms with van der Waals surface area (Å²) < 4.78 is 16.6. The zero-order valence-corrected chi connectivity index (χ0v) is 40.1. The second-order valence-corrected chi connectivity index (χ2v) is 19.6. The second kappa shape index (κ2) is 35.0. The van der Waals surface area contributed by atoms with Crippen LogP contribution in [0.5, 0.6) is 0 Å². The first kappa shape index (κ1) is 55.5. The fourth-order valence-electron chi connectivity index (χ4n) is 10.7. The number of nitrogens with two attached hydrogens (primary N) is 1. The summed E-state index contributed by atoms with van der Waals surface area (Å²) in [6, 6.07) is 0. The van der Waals surface area contributed by atoms with Crippen molar-refractivity contribution >= 4 is 18.2 Å². The van der Waals surface area contributed by atoms with Gasteiger partial charge in [0, 0.05) is 33.0 Å². The van der Waals surface area contributed by atoms with Crippen molar-refractivity contribution in [2.45, 2.75) is 220 Å². The van der Waals surface area contributed by atoms with E-state index in [9.17, 15) is 14.4 Å². The molecule has 8 nitrogen and oxygen atoms in total. The standard InChI is InChI=1S/C45H83NO5.C6H15NO/c1-5-9-13-18-38(19-14-10-6-2)25-30-50-42(48)23-27-44-33-40(22-17-29-47)32-41(34-44)35-45(36-44,37-46)28-24-43(49)51-31-26-39(20-15-11-7-3)21-16-12-8-4;1-7(2)5-4-6-8-3/h29,38-41H,5-28,30-37,46H2,1-4H3;4-6H2,1-3H3. The highest BCUT2D eigenvalue weighted by atomic mass is 16.5. The van der Waals surface area contributed by atoms with Crippen molar-refractivity contribution in [1.82, 2.24) is 4.90 Å². The lowest BCUT2D eigenvalue weighted by Crippen LogP contribution is -2.48. The number of aldehydes is 1. The molecule has 2 N–H and O–H groups in total. The van der Waals surface area contributed by atoms with Crippen molar-refractivity contribution < 1.29 is 28.6 Å². The molecule has 2 rings (SSSR count). The molecule has 0 aromatic carbocycles. The van der Waals surface area contributed by atoms with Crippen LogP contribution in [0.15, 0.2) is 0 Å². The summed E-state index contributed by atoms with van der Waals surface area (Å²) in [5.41, 5.74) is 6.52. The maximum absolute atomic E-state index is 13.2. The Morgan fingerprint density at radius 1 is 0.695 bits per heavy atom. The average Bonchev–Trinajstić information content (AvgIpc) is 3.21. The second-order valence-electron chi connectivity index (χ2n) is 19.6. The van der Waals surface area contributed by atoms with Gasteiger partial charge in [0.1, 0.15) is 6.29 Å². The Morgan fingerprint density at radius 2 is 1.20 bits per heavy atom. The van der Waals surface area contributed by atoms with Crippen molar-refractivity contribution in [3.05, 3.63) is 0 Å². The fourth-order valence-corrected chi connectivity index (χ4v) is 10.7. The van der Waals surface area contributed by atoms with Crippen LogP contribution >= 0.6 is 0 Å². The van der Waals surface area contributed by atoms with Crippen LogP contribution in [0.1, 0.15) is 220 Å². The molecule has 0 aromatic heterocycles. The summed E-state index contributed by atoms with van der Waals surface area (Å²) in [5.74, 6) is 2.20. The highest BCUT2D eigenvalue weighted by molar-refractivity contribution is 5.69. The van der Waals surface area contributed by atoms with Gasteiger partial charge in [-0.25, -0.2) is 0 Å². The van der Waals surface area contributed by atoms with Gasteiger partial charge < -0.3 is 29.6 Å². The molecule has 0 aliphatic heterocycles. The van der Waals surface area contributed by atoms with Gasteiger partial charge in [0.25, 0.3) is 0 Å². The molecule has 2 saturated carbocycles. The lowest BCUT2D eigenvalue weighted by molar-refractivity contribution is -0.146. The van der Waals surface area contributed by atoms with Crippen LogP contribution in [0.3, 0.4) is 0 Å². The largest absolute Gasteiger partial charge is 0.466 e. The molecule has 0 heterocycles. The van der Waals surface area contributed by atoms with Crippen molar-refractivity contribution in [2.75, 3.05) is 54.1 Å². The van der Waals surface area contributed by atoms with E-state index in [-0.39, 0.29) is 22.8 Å². The van der Waals surface area contributed by atoms with Gasteiger partial charge in [-0.2, -0.15) is 0 Å². The number of esters is 2. The Hall–Kier alpha value is -1.51. The van der Waals surface area contributed by atoms with E-state index in [4.69, 9.17) is 19.9 Å². The fraction of sp³-hybridized carbons (Fsp3) is 0.941. The number of fused-ring (bicyclic) bond motifs is 2. The lowest BCUT2D eigenvalue weighted by Gasteiger charge is -2.56. The van der Waals surface area contributed by atoms with Crippen LogP contribution in [0.4, 0.5) is 0 Å². The molecular weight excluding hydrogens is 737 g/mol. The molecule has 0 aromatic rings. The third kappa shape index (κ3) is 26.5. The molecule has 2 bridgehead atoms. The number of nitrogens with zero attached hydrogens (tertiary/aromatic N) is 1. The Kier molecular flexibility index (Phi) is 32.9. The first-order valence-corrected chi connectivity index (χ1v) is 25.1. The Balaban J connectivity index is 0.00000196. The lowest BCUT2D eigenvalue weighted by atomic mass is 9.49. The minimum atomic E-state index is -0.103. The van der Waals surface area contributed by atoms with E-state index in [1.54, 1.807) is 7.11 Å². The maximum atomic E-state index is 13.2. The van der Waals surface area contributed by atoms with Crippen molar-refractivity contribution in [1.29, 1.82) is 0 Å². The number of hydrogen-bond donors (Lipinski definition) is 1. The zero-order chi connectivity index (χ0) is 43.6. The number of unbranched alkanes of at least 4 members (excludes halogenated alkanes) is 8. The molecule has 348 valence electrons. The monoisotopic (exact) mass is 835 g/mol. The molecule has 4 unspecified atom stereocenters. The third-order valence-electron chi connectivity index (χ3n) is 13.8. The third-order valence-corrected chi connectivity index (χ3v) is 13.8. The van der Waals surface area contributed by atoms with Crippen molar-refractivity contribution in [3.8, 4) is 0 Å². The molecule has 0 amide bonds. The molecule has 59 heavy (non-hydrogen) atoms. The van der Waals surface area contributed by atoms with Gasteiger partial charge in [-0.1, -0.05) is 130 Å². The summed E-state index contributed by atoms with van der Waals surface area (Å²) in [7, 11) is 5.86. The minimum absolute atomic E-state index is 0.0179. The van der Waals surface area contributed by atoms with Crippen LogP contribution in [0, 0.1) is 34.5 Å². The summed E-state index contributed by atoms with van der Waals surface area (Å²) in [4.78, 5) is 39.7. The molecule has 2 aliphatic rings. The predicted octanol–water partition coefficient (Wildman–Crippen LogP) is 12.7. The van der Waals surface area contributed by atoms with Gasteiger partial charge in [-0.05, 0) is 132 Å². The molecule has 4 atom stereocenters. The van der Waals surface area contributed by atoms with Crippen LogP contribution in [-0.2, 0) is 28.6 Å². The number of ether oxygens (including phenoxy) is 3. The average molecular weight is 835 g/mol. The molecule has 2 fully saturated rings. The molecule has 0 saturated heterocycles. The van der Waals surface area contributed by atoms with Gasteiger partial charge in [0.05, 0.1) is 13.2 Å². The Bertz CT molecular complexity index is 1020. The van der Waals surface area contributed by atoms with Gasteiger partial charge in [-0.3, -0.25) is 9.59 Å². The SMILES string of the molecule is CCCCCC(CCCCC)CCOC(=O)CCC1(CN)CC2CC(CCC=O)CC(CCC(=O)OCCC(CCCCC)CCCCC)(C2)C1.COCCCN(C)C. The van der Waals surface area contributed by atoms with Crippen LogP contribution in [0.25, 0.3) is 0 Å². The number of methoxy groups -OCH3 is 1. The van der Waals surface area contributed by atoms with Gasteiger partial charge in [-0.15, -0.1) is 0 Å². The number of carbonyl (C=O) groups is 3. The van der Waals surface area contributed by atoms with Crippen molar-refractivity contribution in [2.24, 2.45) is 40.2 Å². The summed E-state index contributed by atoms with van der Waals surface area (Å²) in [6.45, 7) is 12.6. The Labute approximate surface area is 365 Å². The zero-order valence-electron chi connectivity index (χ0n) is 40.1. The van der Waals surface area contributed by atoms with E-state index >= 15 is 0 Å². The van der Waals surface area contributed by atoms with Gasteiger partial charge in [0.15, 0.2) is 0 Å². The van der Waals surface area contributed by atoms with Crippen LogP contribution in [0.2, 0.25) is 0 Å². The number of carbonyl (C=O) groups excluding carboxylic acids is 3. The first-order chi connectivity index (χ1) is 28.5. The molecule has 0 spiro atoms. The van der Waals surface area contributed by atoms with Gasteiger partial charge in [0.2, 0.25) is 0 Å². The van der Waals surface area contributed by atoms with E-state index < -0.39 is 0 Å². The minimum Gasteiger partial charge on any atom is -0.466 e. The molecule has 0 radical (unpaired) electrons.